The first-order chi connectivity index (χ1) is 8.44. The third-order valence-corrected chi connectivity index (χ3v) is 2.34. The van der Waals surface area contributed by atoms with Crippen LogP contribution in [-0.2, 0) is 4.74 Å². The third-order valence-electron chi connectivity index (χ3n) is 2.34. The number of hydrogen-bond acceptors (Lipinski definition) is 5. The highest BCUT2D eigenvalue weighted by Crippen LogP contribution is 2.18. The lowest BCUT2D eigenvalue weighted by Gasteiger charge is -2.39. The van der Waals surface area contributed by atoms with E-state index in [1.807, 2.05) is 20.8 Å². The van der Waals surface area contributed by atoms with Gasteiger partial charge in [-0.3, -0.25) is 0 Å². The normalized spacial score (nSPS) is 16.1. The molecule has 0 saturated carbocycles. The first kappa shape index (κ1) is 12.6. The smallest absolute Gasteiger partial charge is 0.410 e. The Labute approximate surface area is 106 Å². The van der Waals surface area contributed by atoms with Gasteiger partial charge in [-0.2, -0.15) is 0 Å². The Hall–Kier alpha value is -1.85. The van der Waals surface area contributed by atoms with Crippen molar-refractivity contribution in [3.05, 3.63) is 18.6 Å². The van der Waals surface area contributed by atoms with Crippen molar-refractivity contribution in [2.75, 3.05) is 13.1 Å². The molecule has 1 fully saturated rings. The summed E-state index contributed by atoms with van der Waals surface area (Å²) in [5.74, 6) is 0.527. The van der Waals surface area contributed by atoms with Crippen LogP contribution in [-0.4, -0.2) is 45.8 Å². The maximum atomic E-state index is 11.7. The van der Waals surface area contributed by atoms with E-state index in [4.69, 9.17) is 9.47 Å². The molecule has 1 saturated heterocycles. The molecule has 18 heavy (non-hydrogen) atoms. The number of carbonyl (C=O) groups is 1. The van der Waals surface area contributed by atoms with Gasteiger partial charge in [0.1, 0.15) is 18.0 Å². The quantitative estimate of drug-likeness (QED) is 0.796. The Morgan fingerprint density at radius 3 is 2.72 bits per heavy atom. The van der Waals surface area contributed by atoms with Crippen molar-refractivity contribution in [3.8, 4) is 5.88 Å². The molecule has 1 amide bonds. The zero-order chi connectivity index (χ0) is 13.2. The van der Waals surface area contributed by atoms with E-state index in [1.54, 1.807) is 17.2 Å². The fraction of sp³-hybridized carbons (Fsp3) is 0.583. The van der Waals surface area contributed by atoms with Gasteiger partial charge in [-0.15, -0.1) is 0 Å². The monoisotopic (exact) mass is 251 g/mol. The minimum atomic E-state index is -0.463. The van der Waals surface area contributed by atoms with Gasteiger partial charge in [0, 0.05) is 12.3 Å². The average Bonchev–Trinajstić information content (AvgIpc) is 2.21. The summed E-state index contributed by atoms with van der Waals surface area (Å²) in [6.07, 6.45) is 2.73. The van der Waals surface area contributed by atoms with Crippen LogP contribution in [0.5, 0.6) is 5.88 Å². The Balaban J connectivity index is 1.76. The number of likely N-dealkylation sites (tertiary alicyclic amines) is 1. The molecule has 6 nitrogen and oxygen atoms in total. The van der Waals surface area contributed by atoms with Crippen molar-refractivity contribution in [1.82, 2.24) is 14.9 Å². The molecule has 0 bridgehead atoms. The number of ether oxygens (including phenoxy) is 2. The summed E-state index contributed by atoms with van der Waals surface area (Å²) in [4.78, 5) is 21.0. The molecular weight excluding hydrogens is 234 g/mol. The van der Waals surface area contributed by atoms with Crippen LogP contribution in [0.2, 0.25) is 0 Å². The van der Waals surface area contributed by atoms with Crippen LogP contribution < -0.4 is 4.74 Å². The van der Waals surface area contributed by atoms with Gasteiger partial charge in [-0.1, -0.05) is 0 Å². The average molecular weight is 251 g/mol. The van der Waals surface area contributed by atoms with Gasteiger partial charge >= 0.3 is 6.09 Å². The van der Waals surface area contributed by atoms with Gasteiger partial charge in [0.15, 0.2) is 0 Å². The van der Waals surface area contributed by atoms with Crippen LogP contribution in [0.25, 0.3) is 0 Å². The minimum absolute atomic E-state index is 0.0209. The lowest BCUT2D eigenvalue weighted by atomic mass is 10.2. The first-order valence-electron chi connectivity index (χ1n) is 5.84. The Kier molecular flexibility index (Phi) is 3.36. The summed E-state index contributed by atoms with van der Waals surface area (Å²) in [6.45, 7) is 6.59. The minimum Gasteiger partial charge on any atom is -0.470 e. The molecule has 1 aromatic heterocycles. The summed E-state index contributed by atoms with van der Waals surface area (Å²) in [6, 6.07) is 1.69. The number of nitrogens with zero attached hydrogens (tertiary/aromatic N) is 3. The second-order valence-corrected chi connectivity index (χ2v) is 5.17. The molecule has 0 aliphatic carbocycles. The van der Waals surface area contributed by atoms with Gasteiger partial charge in [-0.25, -0.2) is 14.8 Å². The van der Waals surface area contributed by atoms with Gasteiger partial charge in [0.25, 0.3) is 0 Å². The van der Waals surface area contributed by atoms with Gasteiger partial charge in [-0.05, 0) is 20.8 Å². The maximum absolute atomic E-state index is 11.7. The third kappa shape index (κ3) is 3.32. The zero-order valence-corrected chi connectivity index (χ0v) is 10.8. The number of rotatable bonds is 2. The largest absolute Gasteiger partial charge is 0.470 e. The molecule has 6 heteroatoms. The van der Waals surface area contributed by atoms with E-state index < -0.39 is 5.60 Å². The van der Waals surface area contributed by atoms with Gasteiger partial charge in [0.05, 0.1) is 13.1 Å². The summed E-state index contributed by atoms with van der Waals surface area (Å²) in [5, 5.41) is 0. The molecule has 1 aliphatic heterocycles. The van der Waals surface area contributed by atoms with Gasteiger partial charge in [0.2, 0.25) is 5.88 Å². The highest BCUT2D eigenvalue weighted by molar-refractivity contribution is 5.69. The van der Waals surface area contributed by atoms with Crippen molar-refractivity contribution in [1.29, 1.82) is 0 Å². The van der Waals surface area contributed by atoms with Crippen molar-refractivity contribution in [2.45, 2.75) is 32.5 Å². The molecule has 0 N–H and O–H groups in total. The van der Waals surface area contributed by atoms with Crippen molar-refractivity contribution >= 4 is 6.09 Å². The molecule has 2 rings (SSSR count). The second kappa shape index (κ2) is 4.80. The Morgan fingerprint density at radius 1 is 1.44 bits per heavy atom. The molecule has 0 atom stereocenters. The van der Waals surface area contributed by atoms with Crippen molar-refractivity contribution in [2.24, 2.45) is 0 Å². The number of carbonyl (C=O) groups excluding carboxylic acids is 1. The fourth-order valence-electron chi connectivity index (χ4n) is 1.51. The number of aromatic nitrogens is 2. The molecule has 0 radical (unpaired) electrons. The summed E-state index contributed by atoms with van der Waals surface area (Å²) >= 11 is 0. The molecule has 0 unspecified atom stereocenters. The van der Waals surface area contributed by atoms with E-state index in [0.717, 1.165) is 0 Å². The standard InChI is InChI=1S/C12H17N3O3/c1-12(2,3)18-11(16)15-6-9(7-15)17-10-4-5-13-8-14-10/h4-5,8-9H,6-7H2,1-3H3. The van der Waals surface area contributed by atoms with Gasteiger partial charge < -0.3 is 14.4 Å². The first-order valence-corrected chi connectivity index (χ1v) is 5.84. The molecular formula is C12H17N3O3. The predicted molar refractivity (Wildman–Crippen MR) is 64.3 cm³/mol. The van der Waals surface area contributed by atoms with Crippen molar-refractivity contribution < 1.29 is 14.3 Å². The van der Waals surface area contributed by atoms with E-state index in [1.165, 1.54) is 6.33 Å². The molecule has 2 heterocycles. The van der Waals surface area contributed by atoms with E-state index in [0.29, 0.717) is 19.0 Å². The predicted octanol–water partition coefficient (Wildman–Crippen LogP) is 1.47. The molecule has 98 valence electrons. The molecule has 0 aromatic carbocycles. The Bertz CT molecular complexity index is 410. The number of amides is 1. The highest BCUT2D eigenvalue weighted by atomic mass is 16.6. The SMILES string of the molecule is CC(C)(C)OC(=O)N1CC(Oc2ccncn2)C1. The fourth-order valence-corrected chi connectivity index (χ4v) is 1.51. The van der Waals surface area contributed by atoms with Crippen LogP contribution in [0, 0.1) is 0 Å². The van der Waals surface area contributed by atoms with Crippen LogP contribution >= 0.6 is 0 Å². The topological polar surface area (TPSA) is 64.5 Å². The maximum Gasteiger partial charge on any atom is 0.410 e. The van der Waals surface area contributed by atoms with Crippen LogP contribution in [0.1, 0.15) is 20.8 Å². The van der Waals surface area contributed by atoms with Crippen LogP contribution in [0.4, 0.5) is 4.79 Å². The van der Waals surface area contributed by atoms with E-state index in [2.05, 4.69) is 9.97 Å². The Morgan fingerprint density at radius 2 is 2.17 bits per heavy atom. The zero-order valence-electron chi connectivity index (χ0n) is 10.8. The highest BCUT2D eigenvalue weighted by Gasteiger charge is 2.35. The van der Waals surface area contributed by atoms with E-state index in [9.17, 15) is 4.79 Å². The number of hydrogen-bond donors (Lipinski definition) is 0. The van der Waals surface area contributed by atoms with E-state index in [-0.39, 0.29) is 12.2 Å². The second-order valence-electron chi connectivity index (χ2n) is 5.17. The molecule has 1 aromatic rings. The van der Waals surface area contributed by atoms with Crippen molar-refractivity contribution in [3.63, 3.8) is 0 Å². The lowest BCUT2D eigenvalue weighted by Crippen LogP contribution is -2.57. The van der Waals surface area contributed by atoms with Crippen LogP contribution in [0.3, 0.4) is 0 Å². The summed E-state index contributed by atoms with van der Waals surface area (Å²) < 4.78 is 10.8. The van der Waals surface area contributed by atoms with E-state index >= 15 is 0 Å². The lowest BCUT2D eigenvalue weighted by molar-refractivity contribution is -0.0232. The molecule has 1 aliphatic rings. The summed E-state index contributed by atoms with van der Waals surface area (Å²) in [5.41, 5.74) is -0.463. The molecule has 0 spiro atoms. The summed E-state index contributed by atoms with van der Waals surface area (Å²) in [7, 11) is 0. The van der Waals surface area contributed by atoms with Crippen LogP contribution in [0.15, 0.2) is 18.6 Å².